The van der Waals surface area contributed by atoms with Crippen molar-refractivity contribution in [1.82, 2.24) is 4.90 Å². The van der Waals surface area contributed by atoms with Gasteiger partial charge >= 0.3 is 5.97 Å². The van der Waals surface area contributed by atoms with Gasteiger partial charge in [0.15, 0.2) is 5.78 Å². The summed E-state index contributed by atoms with van der Waals surface area (Å²) in [5.74, 6) is -0.985. The van der Waals surface area contributed by atoms with Gasteiger partial charge in [-0.05, 0) is 31.0 Å². The highest BCUT2D eigenvalue weighted by atomic mass is 32.1. The first kappa shape index (κ1) is 13.3. The summed E-state index contributed by atoms with van der Waals surface area (Å²) in [5, 5.41) is 10.4. The van der Waals surface area contributed by atoms with Crippen molar-refractivity contribution in [3.05, 3.63) is 35.2 Å². The zero-order valence-corrected chi connectivity index (χ0v) is 11.9. The van der Waals surface area contributed by atoms with E-state index < -0.39 is 11.5 Å². The molecule has 20 heavy (non-hydrogen) atoms. The van der Waals surface area contributed by atoms with Gasteiger partial charge in [-0.25, -0.2) is 0 Å². The number of ketones is 1. The number of benzene rings is 1. The van der Waals surface area contributed by atoms with Crippen molar-refractivity contribution < 1.29 is 14.7 Å². The molecule has 1 aliphatic rings. The molecule has 104 valence electrons. The molecule has 5 heteroatoms. The molecule has 1 unspecified atom stereocenters. The Morgan fingerprint density at radius 3 is 2.70 bits per heavy atom. The van der Waals surface area contributed by atoms with E-state index in [1.807, 2.05) is 30.3 Å². The molecule has 2 heterocycles. The standard InChI is InChI=1S/C15H15NO3S/c1-16-7-6-15(16,14(18)19)9-11(17)13-8-10-4-2-3-5-12(10)20-13/h2-5,8H,6-7,9H2,1H3,(H,18,19). The Morgan fingerprint density at radius 1 is 1.40 bits per heavy atom. The highest BCUT2D eigenvalue weighted by Gasteiger charge is 2.50. The Kier molecular flexibility index (Phi) is 3.11. The van der Waals surface area contributed by atoms with E-state index in [9.17, 15) is 14.7 Å². The van der Waals surface area contributed by atoms with Crippen LogP contribution in [0.1, 0.15) is 22.5 Å². The second kappa shape index (κ2) is 4.68. The number of thiophene rings is 1. The Bertz CT molecular complexity index is 660. The average Bonchev–Trinajstić information content (AvgIpc) is 2.86. The largest absolute Gasteiger partial charge is 0.480 e. The van der Waals surface area contributed by atoms with Gasteiger partial charge in [0.1, 0.15) is 5.54 Å². The van der Waals surface area contributed by atoms with Gasteiger partial charge in [0.05, 0.1) is 4.88 Å². The molecule has 2 aromatic rings. The van der Waals surface area contributed by atoms with Gasteiger partial charge in [0.25, 0.3) is 0 Å². The second-order valence-corrected chi connectivity index (χ2v) is 6.34. The summed E-state index contributed by atoms with van der Waals surface area (Å²) in [5.41, 5.74) is -1.01. The van der Waals surface area contributed by atoms with Gasteiger partial charge < -0.3 is 5.11 Å². The highest BCUT2D eigenvalue weighted by molar-refractivity contribution is 7.20. The van der Waals surface area contributed by atoms with Crippen molar-refractivity contribution in [2.45, 2.75) is 18.4 Å². The number of carboxylic acid groups (broad SMARTS) is 1. The molecule has 0 aliphatic carbocycles. The number of aliphatic carboxylic acids is 1. The highest BCUT2D eigenvalue weighted by Crippen LogP contribution is 2.35. The van der Waals surface area contributed by atoms with Crippen molar-refractivity contribution in [2.24, 2.45) is 0 Å². The zero-order valence-electron chi connectivity index (χ0n) is 11.1. The molecule has 1 fully saturated rings. The second-order valence-electron chi connectivity index (χ2n) is 5.26. The number of likely N-dealkylation sites (tertiary alicyclic amines) is 1. The molecule has 1 N–H and O–H groups in total. The van der Waals surface area contributed by atoms with E-state index in [1.165, 1.54) is 11.3 Å². The molecule has 3 rings (SSSR count). The monoisotopic (exact) mass is 289 g/mol. The predicted molar refractivity (Wildman–Crippen MR) is 78.4 cm³/mol. The van der Waals surface area contributed by atoms with Crippen molar-refractivity contribution in [3.8, 4) is 0 Å². The van der Waals surface area contributed by atoms with Crippen LogP contribution in [0.15, 0.2) is 30.3 Å². The van der Waals surface area contributed by atoms with Crippen LogP contribution >= 0.6 is 11.3 Å². The van der Waals surface area contributed by atoms with Crippen molar-refractivity contribution in [1.29, 1.82) is 0 Å². The van der Waals surface area contributed by atoms with Gasteiger partial charge in [0, 0.05) is 17.7 Å². The van der Waals surface area contributed by atoms with Crippen LogP contribution in [0.25, 0.3) is 10.1 Å². The minimum atomic E-state index is -1.01. The summed E-state index contributed by atoms with van der Waals surface area (Å²) in [6, 6.07) is 9.66. The number of carboxylic acids is 1. The fraction of sp³-hybridized carbons (Fsp3) is 0.333. The summed E-state index contributed by atoms with van der Waals surface area (Å²) in [4.78, 5) is 26.3. The molecule has 0 amide bonds. The molecular weight excluding hydrogens is 274 g/mol. The first-order valence-corrected chi connectivity index (χ1v) is 7.31. The number of rotatable bonds is 4. The number of carbonyl (C=O) groups is 2. The SMILES string of the molecule is CN1CCC1(CC(=O)c1cc2ccccc2s1)C(=O)O. The number of likely N-dealkylation sites (N-methyl/N-ethyl adjacent to an activating group) is 1. The van der Waals surface area contributed by atoms with E-state index in [4.69, 9.17) is 0 Å². The van der Waals surface area contributed by atoms with Crippen LogP contribution in [-0.2, 0) is 4.79 Å². The summed E-state index contributed by atoms with van der Waals surface area (Å²) >= 11 is 1.43. The lowest BCUT2D eigenvalue weighted by molar-refractivity contribution is -0.159. The van der Waals surface area contributed by atoms with Crippen molar-refractivity contribution >= 4 is 33.2 Å². The van der Waals surface area contributed by atoms with Gasteiger partial charge in [-0.1, -0.05) is 18.2 Å². The molecule has 1 saturated heterocycles. The molecule has 1 atom stereocenters. The lowest BCUT2D eigenvalue weighted by atomic mass is 9.80. The zero-order chi connectivity index (χ0) is 14.3. The van der Waals surface area contributed by atoms with Crippen LogP contribution < -0.4 is 0 Å². The number of hydrogen-bond acceptors (Lipinski definition) is 4. The Balaban J connectivity index is 1.87. The summed E-state index contributed by atoms with van der Waals surface area (Å²) in [6.07, 6.45) is 0.584. The third-order valence-electron chi connectivity index (χ3n) is 4.14. The lowest BCUT2D eigenvalue weighted by Crippen LogP contribution is -2.63. The van der Waals surface area contributed by atoms with E-state index in [-0.39, 0.29) is 12.2 Å². The van der Waals surface area contributed by atoms with Crippen LogP contribution in [0.5, 0.6) is 0 Å². The van der Waals surface area contributed by atoms with Crippen molar-refractivity contribution in [3.63, 3.8) is 0 Å². The molecule has 1 aliphatic heterocycles. The maximum absolute atomic E-state index is 12.4. The Labute approximate surface area is 120 Å². The summed E-state index contributed by atoms with van der Waals surface area (Å²) < 4.78 is 1.06. The maximum Gasteiger partial charge on any atom is 0.324 e. The van der Waals surface area contributed by atoms with E-state index in [2.05, 4.69) is 0 Å². The smallest absolute Gasteiger partial charge is 0.324 e. The van der Waals surface area contributed by atoms with E-state index in [1.54, 1.807) is 11.9 Å². The van der Waals surface area contributed by atoms with Crippen LogP contribution in [-0.4, -0.2) is 40.9 Å². The van der Waals surface area contributed by atoms with Gasteiger partial charge in [-0.2, -0.15) is 0 Å². The fourth-order valence-corrected chi connectivity index (χ4v) is 3.65. The first-order chi connectivity index (χ1) is 9.53. The molecule has 0 spiro atoms. The topological polar surface area (TPSA) is 57.6 Å². The summed E-state index contributed by atoms with van der Waals surface area (Å²) in [6.45, 7) is 0.728. The lowest BCUT2D eigenvalue weighted by Gasteiger charge is -2.47. The number of carbonyl (C=O) groups excluding carboxylic acids is 1. The third kappa shape index (κ3) is 1.94. The fourth-order valence-electron chi connectivity index (χ4n) is 2.65. The van der Waals surface area contributed by atoms with Crippen LogP contribution in [0, 0.1) is 0 Å². The molecule has 0 bridgehead atoms. The van der Waals surface area contributed by atoms with Crippen LogP contribution in [0.2, 0.25) is 0 Å². The quantitative estimate of drug-likeness (QED) is 0.879. The normalized spacial score (nSPS) is 22.6. The number of Topliss-reactive ketones (excluding diaryl/α,β-unsaturated/α-hetero) is 1. The van der Waals surface area contributed by atoms with Crippen LogP contribution in [0.4, 0.5) is 0 Å². The van der Waals surface area contributed by atoms with E-state index in [0.29, 0.717) is 11.3 Å². The molecule has 0 saturated carbocycles. The number of hydrogen-bond donors (Lipinski definition) is 1. The Hall–Kier alpha value is -1.72. The van der Waals surface area contributed by atoms with Gasteiger partial charge in [-0.15, -0.1) is 11.3 Å². The summed E-state index contributed by atoms with van der Waals surface area (Å²) in [7, 11) is 1.76. The number of nitrogens with zero attached hydrogens (tertiary/aromatic N) is 1. The Morgan fingerprint density at radius 2 is 2.15 bits per heavy atom. The van der Waals surface area contributed by atoms with Crippen LogP contribution in [0.3, 0.4) is 0 Å². The minimum Gasteiger partial charge on any atom is -0.480 e. The molecular formula is C15H15NO3S. The average molecular weight is 289 g/mol. The predicted octanol–water partition coefficient (Wildman–Crippen LogP) is 2.63. The molecule has 4 nitrogen and oxygen atoms in total. The van der Waals surface area contributed by atoms with Crippen molar-refractivity contribution in [2.75, 3.05) is 13.6 Å². The first-order valence-electron chi connectivity index (χ1n) is 6.49. The minimum absolute atomic E-state index is 0.0473. The molecule has 1 aromatic carbocycles. The third-order valence-corrected chi connectivity index (χ3v) is 5.30. The molecule has 1 aromatic heterocycles. The van der Waals surface area contributed by atoms with E-state index in [0.717, 1.165) is 16.6 Å². The van der Waals surface area contributed by atoms with E-state index >= 15 is 0 Å². The number of fused-ring (bicyclic) bond motifs is 1. The molecule has 0 radical (unpaired) electrons. The van der Waals surface area contributed by atoms with Gasteiger partial charge in [0.2, 0.25) is 0 Å². The van der Waals surface area contributed by atoms with Gasteiger partial charge in [-0.3, -0.25) is 14.5 Å². The maximum atomic E-state index is 12.4.